The summed E-state index contributed by atoms with van der Waals surface area (Å²) in [4.78, 5) is 13.7. The van der Waals surface area contributed by atoms with Gasteiger partial charge >= 0.3 is 6.09 Å². The van der Waals surface area contributed by atoms with E-state index < -0.39 is 5.60 Å². The van der Waals surface area contributed by atoms with Gasteiger partial charge in [0.15, 0.2) is 0 Å². The minimum absolute atomic E-state index is 0.186. The molecule has 1 N–H and O–H groups in total. The molecule has 0 aliphatic carbocycles. The van der Waals surface area contributed by atoms with Gasteiger partial charge in [-0.1, -0.05) is 6.92 Å². The van der Waals surface area contributed by atoms with Crippen LogP contribution in [0.15, 0.2) is 0 Å². The summed E-state index contributed by atoms with van der Waals surface area (Å²) in [5, 5.41) is 8.92. The second-order valence-corrected chi connectivity index (χ2v) is 6.76. The number of hydrogen-bond donors (Lipinski definition) is 1. The minimum atomic E-state index is -0.413. The summed E-state index contributed by atoms with van der Waals surface area (Å²) in [5.41, 5.74) is -0.413. The molecule has 1 atom stereocenters. The van der Waals surface area contributed by atoms with E-state index in [0.29, 0.717) is 11.8 Å². The van der Waals surface area contributed by atoms with Gasteiger partial charge in [0.2, 0.25) is 0 Å². The van der Waals surface area contributed by atoms with Crippen molar-refractivity contribution in [1.82, 2.24) is 4.90 Å². The van der Waals surface area contributed by atoms with Crippen molar-refractivity contribution in [3.05, 3.63) is 0 Å². The Morgan fingerprint density at radius 3 is 2.42 bits per heavy atom. The van der Waals surface area contributed by atoms with E-state index in [2.05, 4.69) is 6.92 Å². The Bertz CT molecular complexity index is 278. The molecular formula is C15H29NO3. The standard InChI is InChI=1S/C15H29NO3/c1-12(7-10-17)11-13-5-8-16(9-6-13)14(18)19-15(2,3)4/h12-13,17H,5-11H2,1-4H3. The molecule has 0 radical (unpaired) electrons. The van der Waals surface area contributed by atoms with Crippen LogP contribution in [0.25, 0.3) is 0 Å². The number of carbonyl (C=O) groups is 1. The van der Waals surface area contributed by atoms with Crippen LogP contribution in [0, 0.1) is 11.8 Å². The molecule has 0 aromatic rings. The molecule has 0 aromatic heterocycles. The van der Waals surface area contributed by atoms with Gasteiger partial charge in [-0.05, 0) is 58.3 Å². The first kappa shape index (κ1) is 16.3. The summed E-state index contributed by atoms with van der Waals surface area (Å²) in [7, 11) is 0. The Morgan fingerprint density at radius 1 is 1.37 bits per heavy atom. The highest BCUT2D eigenvalue weighted by atomic mass is 16.6. The Morgan fingerprint density at radius 2 is 1.95 bits per heavy atom. The predicted octanol–water partition coefficient (Wildman–Crippen LogP) is 3.04. The molecular weight excluding hydrogens is 242 g/mol. The summed E-state index contributed by atoms with van der Waals surface area (Å²) in [6.07, 6.45) is 3.95. The smallest absolute Gasteiger partial charge is 0.410 e. The number of amides is 1. The summed E-state index contributed by atoms with van der Waals surface area (Å²) in [6, 6.07) is 0. The summed E-state index contributed by atoms with van der Waals surface area (Å²) in [5.74, 6) is 1.25. The highest BCUT2D eigenvalue weighted by Gasteiger charge is 2.27. The third-order valence-corrected chi connectivity index (χ3v) is 3.62. The number of piperidine rings is 1. The van der Waals surface area contributed by atoms with E-state index >= 15 is 0 Å². The first-order chi connectivity index (χ1) is 8.81. The Kier molecular flexibility index (Phi) is 6.11. The van der Waals surface area contributed by atoms with Crippen molar-refractivity contribution in [2.45, 2.75) is 59.0 Å². The lowest BCUT2D eigenvalue weighted by molar-refractivity contribution is 0.0175. The molecule has 19 heavy (non-hydrogen) atoms. The van der Waals surface area contributed by atoms with Gasteiger partial charge < -0.3 is 14.7 Å². The first-order valence-electron chi connectivity index (χ1n) is 7.40. The van der Waals surface area contributed by atoms with Crippen LogP contribution >= 0.6 is 0 Å². The van der Waals surface area contributed by atoms with Crippen molar-refractivity contribution in [1.29, 1.82) is 0 Å². The van der Waals surface area contributed by atoms with E-state index in [-0.39, 0.29) is 12.7 Å². The van der Waals surface area contributed by atoms with Crippen LogP contribution in [-0.2, 0) is 4.74 Å². The zero-order valence-corrected chi connectivity index (χ0v) is 12.8. The molecule has 4 heteroatoms. The maximum atomic E-state index is 11.9. The van der Waals surface area contributed by atoms with Crippen LogP contribution in [0.5, 0.6) is 0 Å². The zero-order chi connectivity index (χ0) is 14.5. The zero-order valence-electron chi connectivity index (χ0n) is 12.8. The third kappa shape index (κ3) is 6.28. The van der Waals surface area contributed by atoms with Gasteiger partial charge in [0.25, 0.3) is 0 Å². The van der Waals surface area contributed by atoms with Gasteiger partial charge in [-0.15, -0.1) is 0 Å². The van der Waals surface area contributed by atoms with Gasteiger partial charge in [-0.3, -0.25) is 0 Å². The average Bonchev–Trinajstić information content (AvgIpc) is 2.27. The lowest BCUT2D eigenvalue weighted by atomic mass is 9.87. The van der Waals surface area contributed by atoms with E-state index in [4.69, 9.17) is 9.84 Å². The fraction of sp³-hybridized carbons (Fsp3) is 0.933. The first-order valence-corrected chi connectivity index (χ1v) is 7.40. The van der Waals surface area contributed by atoms with Crippen LogP contribution in [0.1, 0.15) is 53.4 Å². The maximum absolute atomic E-state index is 11.9. The summed E-state index contributed by atoms with van der Waals surface area (Å²) < 4.78 is 5.39. The molecule has 1 aliphatic heterocycles. The number of carbonyl (C=O) groups excluding carboxylic acids is 1. The largest absolute Gasteiger partial charge is 0.444 e. The summed E-state index contributed by atoms with van der Waals surface area (Å²) >= 11 is 0. The summed E-state index contributed by atoms with van der Waals surface area (Å²) in [6.45, 7) is 9.75. The Hall–Kier alpha value is -0.770. The number of aliphatic hydroxyl groups excluding tert-OH is 1. The van der Waals surface area contributed by atoms with E-state index in [9.17, 15) is 4.79 Å². The molecule has 0 bridgehead atoms. The molecule has 1 amide bonds. The molecule has 1 saturated heterocycles. The number of aliphatic hydroxyl groups is 1. The van der Waals surface area contributed by atoms with E-state index in [1.165, 1.54) is 0 Å². The van der Waals surface area contributed by atoms with Crippen molar-refractivity contribution in [2.24, 2.45) is 11.8 Å². The molecule has 1 rings (SSSR count). The van der Waals surface area contributed by atoms with Crippen molar-refractivity contribution >= 4 is 6.09 Å². The van der Waals surface area contributed by atoms with E-state index in [1.807, 2.05) is 25.7 Å². The lowest BCUT2D eigenvalue weighted by Gasteiger charge is -2.34. The minimum Gasteiger partial charge on any atom is -0.444 e. The fourth-order valence-corrected chi connectivity index (χ4v) is 2.58. The second kappa shape index (κ2) is 7.13. The number of nitrogens with zero attached hydrogens (tertiary/aromatic N) is 1. The van der Waals surface area contributed by atoms with Crippen LogP contribution in [0.3, 0.4) is 0 Å². The van der Waals surface area contributed by atoms with Crippen molar-refractivity contribution < 1.29 is 14.6 Å². The molecule has 1 unspecified atom stereocenters. The predicted molar refractivity (Wildman–Crippen MR) is 76.0 cm³/mol. The number of ether oxygens (including phenoxy) is 1. The van der Waals surface area contributed by atoms with Gasteiger partial charge in [-0.2, -0.15) is 0 Å². The van der Waals surface area contributed by atoms with Crippen LogP contribution in [0.4, 0.5) is 4.79 Å². The normalized spacial score (nSPS) is 19.3. The maximum Gasteiger partial charge on any atom is 0.410 e. The fourth-order valence-electron chi connectivity index (χ4n) is 2.58. The van der Waals surface area contributed by atoms with Crippen molar-refractivity contribution in [3.63, 3.8) is 0 Å². The molecule has 4 nitrogen and oxygen atoms in total. The topological polar surface area (TPSA) is 49.8 Å². The number of hydrogen-bond acceptors (Lipinski definition) is 3. The lowest BCUT2D eigenvalue weighted by Crippen LogP contribution is -2.41. The van der Waals surface area contributed by atoms with Crippen LogP contribution < -0.4 is 0 Å². The Labute approximate surface area is 117 Å². The van der Waals surface area contributed by atoms with E-state index in [0.717, 1.165) is 38.8 Å². The second-order valence-electron chi connectivity index (χ2n) is 6.76. The molecule has 112 valence electrons. The quantitative estimate of drug-likeness (QED) is 0.855. The van der Waals surface area contributed by atoms with Crippen LogP contribution in [-0.4, -0.2) is 41.4 Å². The molecule has 1 heterocycles. The van der Waals surface area contributed by atoms with E-state index in [1.54, 1.807) is 0 Å². The molecule has 1 fully saturated rings. The number of likely N-dealkylation sites (tertiary alicyclic amines) is 1. The molecule has 0 spiro atoms. The molecule has 0 aromatic carbocycles. The molecule has 0 saturated carbocycles. The van der Waals surface area contributed by atoms with Crippen LogP contribution in [0.2, 0.25) is 0 Å². The SMILES string of the molecule is CC(CCO)CC1CCN(C(=O)OC(C)(C)C)CC1. The highest BCUT2D eigenvalue weighted by molar-refractivity contribution is 5.68. The van der Waals surface area contributed by atoms with Gasteiger partial charge in [-0.25, -0.2) is 4.79 Å². The Balaban J connectivity index is 2.30. The van der Waals surface area contributed by atoms with Crippen molar-refractivity contribution in [3.8, 4) is 0 Å². The average molecular weight is 271 g/mol. The van der Waals surface area contributed by atoms with Gasteiger partial charge in [0.1, 0.15) is 5.60 Å². The highest BCUT2D eigenvalue weighted by Crippen LogP contribution is 2.26. The third-order valence-electron chi connectivity index (χ3n) is 3.62. The van der Waals surface area contributed by atoms with Gasteiger partial charge in [0.05, 0.1) is 0 Å². The van der Waals surface area contributed by atoms with Crippen molar-refractivity contribution in [2.75, 3.05) is 19.7 Å². The number of rotatable bonds is 4. The van der Waals surface area contributed by atoms with Gasteiger partial charge in [0, 0.05) is 19.7 Å². The molecule has 1 aliphatic rings. The monoisotopic (exact) mass is 271 g/mol.